The molecule has 0 spiro atoms. The van der Waals surface area contributed by atoms with Crippen LogP contribution in [0.1, 0.15) is 354 Å². The molecule has 0 aromatic carbocycles. The lowest BCUT2D eigenvalue weighted by Crippen LogP contribution is -2.17. The second kappa shape index (κ2) is 54.6. The predicted octanol–water partition coefficient (Wildman–Crippen LogP) is 20.6. The van der Waals surface area contributed by atoms with Crippen LogP contribution in [0.5, 0.6) is 0 Å². The van der Waals surface area contributed by atoms with Crippen LogP contribution in [0.15, 0.2) is 0 Å². The Hall–Kier alpha value is -0.570. The van der Waals surface area contributed by atoms with E-state index in [9.17, 15) is 9.90 Å². The molecule has 1 N–H and O–H groups in total. The monoisotopic (exact) mass is 847 g/mol. The number of carbonyl (C=O) groups is 1. The first-order valence-corrected chi connectivity index (χ1v) is 28.6. The zero-order valence-electron chi connectivity index (χ0n) is 41.8. The number of hydrogen-bond donors (Lipinski definition) is 1. The van der Waals surface area contributed by atoms with Gasteiger partial charge in [-0.3, -0.25) is 4.79 Å². The van der Waals surface area contributed by atoms with Crippen LogP contribution in [0, 0.1) is 0 Å². The molecule has 60 heavy (non-hydrogen) atoms. The number of esters is 1. The van der Waals surface area contributed by atoms with Gasteiger partial charge in [0.1, 0.15) is 0 Å². The summed E-state index contributed by atoms with van der Waals surface area (Å²) in [7, 11) is 0. The van der Waals surface area contributed by atoms with Crippen molar-refractivity contribution in [3.63, 3.8) is 0 Å². The number of unbranched alkanes of at least 4 members (excludes halogenated alkanes) is 49. The van der Waals surface area contributed by atoms with Gasteiger partial charge >= 0.3 is 5.97 Å². The van der Waals surface area contributed by atoms with E-state index < -0.39 is 6.29 Å². The predicted molar refractivity (Wildman–Crippen MR) is 268 cm³/mol. The Balaban J connectivity index is 3.22. The van der Waals surface area contributed by atoms with Crippen molar-refractivity contribution >= 4 is 5.97 Å². The average Bonchev–Trinajstić information content (AvgIpc) is 3.24. The molecule has 0 bridgehead atoms. The van der Waals surface area contributed by atoms with Crippen LogP contribution in [0.2, 0.25) is 0 Å². The smallest absolute Gasteiger partial charge is 0.308 e. The van der Waals surface area contributed by atoms with Crippen LogP contribution in [-0.2, 0) is 9.53 Å². The summed E-state index contributed by atoms with van der Waals surface area (Å²) >= 11 is 0. The summed E-state index contributed by atoms with van der Waals surface area (Å²) in [5, 5.41) is 10.2. The fourth-order valence-corrected chi connectivity index (χ4v) is 9.31. The third-order valence-corrected chi connectivity index (χ3v) is 13.6. The molecule has 0 amide bonds. The largest absolute Gasteiger partial charge is 0.436 e. The Labute approximate surface area is 379 Å². The van der Waals surface area contributed by atoms with Crippen molar-refractivity contribution in [2.45, 2.75) is 360 Å². The van der Waals surface area contributed by atoms with E-state index in [0.29, 0.717) is 12.8 Å². The van der Waals surface area contributed by atoms with E-state index in [1.165, 1.54) is 302 Å². The maximum atomic E-state index is 12.1. The Kier molecular flexibility index (Phi) is 54.0. The fraction of sp³-hybridized carbons (Fsp3) is 0.982. The molecule has 3 heteroatoms. The van der Waals surface area contributed by atoms with E-state index in [4.69, 9.17) is 4.74 Å². The van der Waals surface area contributed by atoms with Crippen LogP contribution in [-0.4, -0.2) is 17.4 Å². The molecule has 0 radical (unpaired) electrons. The summed E-state index contributed by atoms with van der Waals surface area (Å²) in [6.45, 7) is 4.60. The summed E-state index contributed by atoms with van der Waals surface area (Å²) < 4.78 is 5.28. The highest BCUT2D eigenvalue weighted by molar-refractivity contribution is 5.69. The van der Waals surface area contributed by atoms with E-state index in [-0.39, 0.29) is 5.97 Å². The van der Waals surface area contributed by atoms with Gasteiger partial charge in [-0.15, -0.1) is 0 Å². The van der Waals surface area contributed by atoms with Crippen LogP contribution in [0.3, 0.4) is 0 Å². The standard InChI is InChI=1S/C57H114O3/c1-3-5-7-9-11-13-15-17-19-21-23-25-27-28-29-30-31-33-35-37-39-41-43-45-47-49-51-53-55-57(59)60-56(58)54-52-50-48-46-44-42-40-38-36-34-32-26-24-22-20-18-16-14-12-10-8-6-4-2/h57,59H,3-55H2,1-2H3. The second-order valence-corrected chi connectivity index (χ2v) is 19.8. The zero-order chi connectivity index (χ0) is 43.3. The number of rotatable bonds is 54. The summed E-state index contributed by atoms with van der Waals surface area (Å²) in [6.07, 6.45) is 71.0. The maximum Gasteiger partial charge on any atom is 0.308 e. The van der Waals surface area contributed by atoms with Crippen molar-refractivity contribution in [1.82, 2.24) is 0 Å². The van der Waals surface area contributed by atoms with E-state index in [1.54, 1.807) is 0 Å². The van der Waals surface area contributed by atoms with Gasteiger partial charge in [0.2, 0.25) is 6.29 Å². The summed E-state index contributed by atoms with van der Waals surface area (Å²) in [6, 6.07) is 0. The third-order valence-electron chi connectivity index (χ3n) is 13.6. The molecule has 0 rings (SSSR count). The average molecular weight is 848 g/mol. The first-order chi connectivity index (χ1) is 29.7. The van der Waals surface area contributed by atoms with Gasteiger partial charge in [-0.05, 0) is 12.8 Å². The number of carbonyl (C=O) groups excluding carboxylic acids is 1. The van der Waals surface area contributed by atoms with Crippen LogP contribution in [0.25, 0.3) is 0 Å². The molecular weight excluding hydrogens is 733 g/mol. The lowest BCUT2D eigenvalue weighted by Gasteiger charge is -2.12. The number of hydrogen-bond acceptors (Lipinski definition) is 3. The quantitative estimate of drug-likeness (QED) is 0.0377. The van der Waals surface area contributed by atoms with Gasteiger partial charge in [0.15, 0.2) is 0 Å². The zero-order valence-corrected chi connectivity index (χ0v) is 41.8. The van der Waals surface area contributed by atoms with Crippen LogP contribution in [0.4, 0.5) is 0 Å². The van der Waals surface area contributed by atoms with Crippen molar-refractivity contribution in [3.05, 3.63) is 0 Å². The minimum Gasteiger partial charge on any atom is -0.436 e. The number of aliphatic hydroxyl groups excluding tert-OH is 1. The number of aliphatic hydroxyl groups is 1. The molecule has 1 unspecified atom stereocenters. The van der Waals surface area contributed by atoms with E-state index in [0.717, 1.165) is 25.7 Å². The van der Waals surface area contributed by atoms with Crippen molar-refractivity contribution in [2.75, 3.05) is 0 Å². The third kappa shape index (κ3) is 53.6. The minimum atomic E-state index is -0.911. The molecule has 0 fully saturated rings. The Bertz CT molecular complexity index is 766. The van der Waals surface area contributed by atoms with Gasteiger partial charge < -0.3 is 9.84 Å². The van der Waals surface area contributed by atoms with Gasteiger partial charge in [-0.1, -0.05) is 328 Å². The van der Waals surface area contributed by atoms with Gasteiger partial charge in [0.25, 0.3) is 0 Å². The SMILES string of the molecule is CCCCCCCCCCCCCCCCCCCCCCCCCCCCCCC(O)OC(=O)CCCCCCCCCCCCCCCCCCCCCCCCC. The molecule has 0 saturated heterocycles. The molecule has 0 saturated carbocycles. The number of ether oxygens (including phenoxy) is 1. The van der Waals surface area contributed by atoms with Crippen LogP contribution < -0.4 is 0 Å². The Morgan fingerprint density at radius 2 is 0.450 bits per heavy atom. The summed E-state index contributed by atoms with van der Waals surface area (Å²) in [5.74, 6) is -0.216. The van der Waals surface area contributed by atoms with E-state index >= 15 is 0 Å². The van der Waals surface area contributed by atoms with Crippen molar-refractivity contribution < 1.29 is 14.6 Å². The van der Waals surface area contributed by atoms with Gasteiger partial charge in [0.05, 0.1) is 0 Å². The van der Waals surface area contributed by atoms with Gasteiger partial charge in [-0.25, -0.2) is 0 Å². The van der Waals surface area contributed by atoms with Gasteiger partial charge in [-0.2, -0.15) is 0 Å². The Morgan fingerprint density at radius 1 is 0.283 bits per heavy atom. The lowest BCUT2D eigenvalue weighted by molar-refractivity contribution is -0.168. The highest BCUT2D eigenvalue weighted by Gasteiger charge is 2.10. The molecule has 3 nitrogen and oxygen atoms in total. The van der Waals surface area contributed by atoms with E-state index in [2.05, 4.69) is 13.8 Å². The second-order valence-electron chi connectivity index (χ2n) is 19.8. The molecule has 1 atom stereocenters. The fourth-order valence-electron chi connectivity index (χ4n) is 9.31. The molecule has 0 aromatic heterocycles. The van der Waals surface area contributed by atoms with E-state index in [1.807, 2.05) is 0 Å². The van der Waals surface area contributed by atoms with Crippen LogP contribution >= 0.6 is 0 Å². The Morgan fingerprint density at radius 3 is 0.650 bits per heavy atom. The minimum absolute atomic E-state index is 0.216. The first kappa shape index (κ1) is 59.4. The molecule has 360 valence electrons. The molecular formula is C57H114O3. The summed E-state index contributed by atoms with van der Waals surface area (Å²) in [5.41, 5.74) is 0. The van der Waals surface area contributed by atoms with Crippen molar-refractivity contribution in [1.29, 1.82) is 0 Å². The molecule has 0 aliphatic rings. The van der Waals surface area contributed by atoms with Crippen molar-refractivity contribution in [2.24, 2.45) is 0 Å². The first-order valence-electron chi connectivity index (χ1n) is 28.6. The molecule has 0 heterocycles. The highest BCUT2D eigenvalue weighted by atomic mass is 16.6. The normalized spacial score (nSPS) is 12.1. The molecule has 0 aliphatic carbocycles. The highest BCUT2D eigenvalue weighted by Crippen LogP contribution is 2.19. The topological polar surface area (TPSA) is 46.5 Å². The van der Waals surface area contributed by atoms with Gasteiger partial charge in [0, 0.05) is 12.8 Å². The summed E-state index contributed by atoms with van der Waals surface area (Å²) in [4.78, 5) is 12.1. The molecule has 0 aliphatic heterocycles. The molecule has 0 aromatic rings. The lowest BCUT2D eigenvalue weighted by atomic mass is 10.0. The van der Waals surface area contributed by atoms with Crippen molar-refractivity contribution in [3.8, 4) is 0 Å². The maximum absolute atomic E-state index is 12.1.